The largest absolute Gasteiger partial charge is 0.393 e. The second-order valence-electron chi connectivity index (χ2n) is 6.20. The first kappa shape index (κ1) is 13.4. The molecule has 2 nitrogen and oxygen atoms in total. The Balaban J connectivity index is 1.80. The Bertz CT molecular complexity index is 213. The van der Waals surface area contributed by atoms with Crippen LogP contribution in [0.3, 0.4) is 0 Å². The molecule has 100 valence electrons. The van der Waals surface area contributed by atoms with Crippen LogP contribution in [0, 0.1) is 5.92 Å². The van der Waals surface area contributed by atoms with Gasteiger partial charge < -0.3 is 10.0 Å². The number of hydrogen-bond acceptors (Lipinski definition) is 2. The molecule has 2 aliphatic rings. The molecule has 2 saturated carbocycles. The maximum atomic E-state index is 10.2. The van der Waals surface area contributed by atoms with Crippen LogP contribution in [0.4, 0.5) is 0 Å². The highest BCUT2D eigenvalue weighted by Gasteiger charge is 2.26. The summed E-state index contributed by atoms with van der Waals surface area (Å²) in [6.07, 6.45) is 13.1. The van der Waals surface area contributed by atoms with Gasteiger partial charge in [0.15, 0.2) is 0 Å². The normalized spacial score (nSPS) is 32.6. The van der Waals surface area contributed by atoms with Gasteiger partial charge in [-0.3, -0.25) is 0 Å². The van der Waals surface area contributed by atoms with Crippen LogP contribution in [0.2, 0.25) is 0 Å². The van der Waals surface area contributed by atoms with Crippen LogP contribution in [0.25, 0.3) is 0 Å². The Morgan fingerprint density at radius 1 is 0.882 bits per heavy atom. The molecule has 17 heavy (non-hydrogen) atoms. The quantitative estimate of drug-likeness (QED) is 0.765. The van der Waals surface area contributed by atoms with Gasteiger partial charge in [-0.15, -0.1) is 0 Å². The molecule has 2 fully saturated rings. The molecule has 2 aliphatic carbocycles. The van der Waals surface area contributed by atoms with Crippen LogP contribution in [-0.2, 0) is 0 Å². The predicted molar refractivity (Wildman–Crippen MR) is 72.1 cm³/mol. The van der Waals surface area contributed by atoms with E-state index in [0.29, 0.717) is 5.92 Å². The maximum absolute atomic E-state index is 10.2. The first-order valence-electron chi connectivity index (χ1n) is 7.65. The lowest BCUT2D eigenvalue weighted by atomic mass is 9.92. The van der Waals surface area contributed by atoms with Crippen molar-refractivity contribution in [3.63, 3.8) is 0 Å². The number of nitrogens with zero attached hydrogens (tertiary/aromatic N) is 1. The van der Waals surface area contributed by atoms with Gasteiger partial charge in [0.1, 0.15) is 0 Å². The van der Waals surface area contributed by atoms with E-state index in [1.165, 1.54) is 57.8 Å². The molecule has 2 unspecified atom stereocenters. The molecule has 0 amide bonds. The molecular weight excluding hydrogens is 210 g/mol. The van der Waals surface area contributed by atoms with E-state index in [1.54, 1.807) is 0 Å². The molecule has 0 aromatic heterocycles. The van der Waals surface area contributed by atoms with Crippen molar-refractivity contribution in [2.75, 3.05) is 13.6 Å². The minimum absolute atomic E-state index is 0.0384. The second-order valence-corrected chi connectivity index (χ2v) is 6.20. The SMILES string of the molecule is CN(CC1CCCCCC1O)C1CCCCC1. The second kappa shape index (κ2) is 6.75. The number of rotatable bonds is 3. The molecule has 0 aromatic carbocycles. The molecule has 1 N–H and O–H groups in total. The standard InChI is InChI=1S/C15H29NO/c1-16(14-9-5-3-6-10-14)12-13-8-4-2-7-11-15(13)17/h13-15,17H,2-12H2,1H3. The maximum Gasteiger partial charge on any atom is 0.0580 e. The molecule has 0 aliphatic heterocycles. The van der Waals surface area contributed by atoms with Crippen molar-refractivity contribution in [2.45, 2.75) is 76.4 Å². The highest BCUT2D eigenvalue weighted by atomic mass is 16.3. The van der Waals surface area contributed by atoms with Gasteiger partial charge >= 0.3 is 0 Å². The summed E-state index contributed by atoms with van der Waals surface area (Å²) in [4.78, 5) is 2.54. The highest BCUT2D eigenvalue weighted by Crippen LogP contribution is 2.27. The Morgan fingerprint density at radius 3 is 2.18 bits per heavy atom. The van der Waals surface area contributed by atoms with Crippen LogP contribution >= 0.6 is 0 Å². The zero-order valence-electron chi connectivity index (χ0n) is 11.4. The average Bonchev–Trinajstić information content (AvgIpc) is 2.56. The molecule has 0 radical (unpaired) electrons. The molecule has 0 spiro atoms. The van der Waals surface area contributed by atoms with E-state index < -0.39 is 0 Å². The summed E-state index contributed by atoms with van der Waals surface area (Å²) in [7, 11) is 2.27. The van der Waals surface area contributed by atoms with Crippen molar-refractivity contribution in [1.29, 1.82) is 0 Å². The van der Waals surface area contributed by atoms with Gasteiger partial charge in [-0.2, -0.15) is 0 Å². The molecule has 0 saturated heterocycles. The van der Waals surface area contributed by atoms with Gasteiger partial charge in [0, 0.05) is 12.6 Å². The summed E-state index contributed by atoms with van der Waals surface area (Å²) in [5, 5.41) is 10.2. The Kier molecular flexibility index (Phi) is 5.30. The monoisotopic (exact) mass is 239 g/mol. The van der Waals surface area contributed by atoms with Crippen molar-refractivity contribution in [2.24, 2.45) is 5.92 Å². The third-order valence-corrected chi connectivity index (χ3v) is 4.84. The third kappa shape index (κ3) is 3.96. The summed E-state index contributed by atoms with van der Waals surface area (Å²) >= 11 is 0. The van der Waals surface area contributed by atoms with Crippen LogP contribution in [0.5, 0.6) is 0 Å². The lowest BCUT2D eigenvalue weighted by Crippen LogP contribution is -2.39. The average molecular weight is 239 g/mol. The van der Waals surface area contributed by atoms with E-state index in [9.17, 15) is 5.11 Å². The minimum atomic E-state index is -0.0384. The fourth-order valence-electron chi connectivity index (χ4n) is 3.62. The Morgan fingerprint density at radius 2 is 1.47 bits per heavy atom. The topological polar surface area (TPSA) is 23.5 Å². The van der Waals surface area contributed by atoms with Gasteiger partial charge in [-0.05, 0) is 38.6 Å². The third-order valence-electron chi connectivity index (χ3n) is 4.84. The first-order chi connectivity index (χ1) is 8.27. The predicted octanol–water partition coefficient (Wildman–Crippen LogP) is 3.19. The smallest absolute Gasteiger partial charge is 0.0580 e. The lowest BCUT2D eigenvalue weighted by Gasteiger charge is -2.34. The van der Waals surface area contributed by atoms with E-state index in [2.05, 4.69) is 11.9 Å². The highest BCUT2D eigenvalue weighted by molar-refractivity contribution is 4.80. The zero-order valence-corrected chi connectivity index (χ0v) is 11.4. The van der Waals surface area contributed by atoms with Crippen LogP contribution in [-0.4, -0.2) is 35.7 Å². The molecule has 2 atom stereocenters. The fourth-order valence-corrected chi connectivity index (χ4v) is 3.62. The number of hydrogen-bond donors (Lipinski definition) is 1. The summed E-state index contributed by atoms with van der Waals surface area (Å²) in [5.74, 6) is 0.532. The van der Waals surface area contributed by atoms with Gasteiger partial charge in [0.2, 0.25) is 0 Å². The number of aliphatic hydroxyl groups is 1. The van der Waals surface area contributed by atoms with Crippen molar-refractivity contribution < 1.29 is 5.11 Å². The Hall–Kier alpha value is -0.0800. The van der Waals surface area contributed by atoms with Gasteiger partial charge in [0.05, 0.1) is 6.10 Å². The number of aliphatic hydroxyl groups excluding tert-OH is 1. The lowest BCUT2D eigenvalue weighted by molar-refractivity contribution is 0.0633. The van der Waals surface area contributed by atoms with Crippen LogP contribution in [0.15, 0.2) is 0 Å². The molecular formula is C15H29NO. The zero-order chi connectivity index (χ0) is 12.1. The van der Waals surface area contributed by atoms with Crippen LogP contribution in [0.1, 0.15) is 64.2 Å². The molecule has 0 heterocycles. The van der Waals surface area contributed by atoms with E-state index in [-0.39, 0.29) is 6.10 Å². The van der Waals surface area contributed by atoms with Gasteiger partial charge in [-0.25, -0.2) is 0 Å². The van der Waals surface area contributed by atoms with Crippen molar-refractivity contribution in [1.82, 2.24) is 4.90 Å². The molecule has 0 bridgehead atoms. The van der Waals surface area contributed by atoms with E-state index in [4.69, 9.17) is 0 Å². The van der Waals surface area contributed by atoms with Gasteiger partial charge in [0.25, 0.3) is 0 Å². The van der Waals surface area contributed by atoms with Crippen molar-refractivity contribution >= 4 is 0 Å². The van der Waals surface area contributed by atoms with Crippen molar-refractivity contribution in [3.8, 4) is 0 Å². The summed E-state index contributed by atoms with van der Waals surface area (Å²) < 4.78 is 0. The summed E-state index contributed by atoms with van der Waals surface area (Å²) in [5.41, 5.74) is 0. The van der Waals surface area contributed by atoms with Crippen molar-refractivity contribution in [3.05, 3.63) is 0 Å². The van der Waals surface area contributed by atoms with E-state index >= 15 is 0 Å². The minimum Gasteiger partial charge on any atom is -0.393 e. The molecule has 0 aromatic rings. The molecule has 2 heteroatoms. The summed E-state index contributed by atoms with van der Waals surface area (Å²) in [6, 6.07) is 0.791. The van der Waals surface area contributed by atoms with Gasteiger partial charge in [-0.1, -0.05) is 38.5 Å². The first-order valence-corrected chi connectivity index (χ1v) is 7.65. The molecule has 2 rings (SSSR count). The Labute approximate surface area is 106 Å². The summed E-state index contributed by atoms with van der Waals surface area (Å²) in [6.45, 7) is 1.12. The fraction of sp³-hybridized carbons (Fsp3) is 1.00. The van der Waals surface area contributed by atoms with Crippen LogP contribution < -0.4 is 0 Å². The van der Waals surface area contributed by atoms with E-state index in [0.717, 1.165) is 19.0 Å². The van der Waals surface area contributed by atoms with E-state index in [1.807, 2.05) is 0 Å².